The van der Waals surface area contributed by atoms with Crippen LogP contribution in [-0.4, -0.2) is 19.9 Å². The molecule has 0 saturated heterocycles. The third-order valence-corrected chi connectivity index (χ3v) is 3.06. The number of nitrogens with zero attached hydrogens (tertiary/aromatic N) is 3. The molecule has 1 aliphatic rings. The van der Waals surface area contributed by atoms with Crippen LogP contribution in [0.5, 0.6) is 0 Å². The number of aromatic nitrogens is 3. The fourth-order valence-electron chi connectivity index (χ4n) is 2.25. The quantitative estimate of drug-likeness (QED) is 0.688. The first-order chi connectivity index (χ1) is 6.72. The van der Waals surface area contributed by atoms with Crippen molar-refractivity contribution in [3.63, 3.8) is 0 Å². The molecule has 1 N–H and O–H groups in total. The lowest BCUT2D eigenvalue weighted by atomic mass is 9.94. The second-order valence-electron chi connectivity index (χ2n) is 4.15. The Morgan fingerprint density at radius 2 is 1.93 bits per heavy atom. The standard InChI is InChI=1S/C10H17N3O/c1-13-9(11-8-12-13)10(14)6-4-2-3-5-7-10/h8,14H,2-7H2,1H3. The highest BCUT2D eigenvalue weighted by Crippen LogP contribution is 2.34. The molecule has 14 heavy (non-hydrogen) atoms. The minimum absolute atomic E-state index is 0.722. The van der Waals surface area contributed by atoms with Gasteiger partial charge in [0.1, 0.15) is 11.9 Å². The summed E-state index contributed by atoms with van der Waals surface area (Å²) in [6, 6.07) is 0. The molecule has 1 fully saturated rings. The Bertz CT molecular complexity index is 300. The van der Waals surface area contributed by atoms with Crippen LogP contribution in [0, 0.1) is 0 Å². The molecule has 4 heteroatoms. The Morgan fingerprint density at radius 1 is 1.29 bits per heavy atom. The Labute approximate surface area is 84.0 Å². The highest BCUT2D eigenvalue weighted by Gasteiger charge is 2.33. The lowest BCUT2D eigenvalue weighted by molar-refractivity contribution is 0.00845. The Kier molecular flexibility index (Phi) is 2.54. The average molecular weight is 195 g/mol. The summed E-state index contributed by atoms with van der Waals surface area (Å²) < 4.78 is 1.69. The van der Waals surface area contributed by atoms with E-state index in [2.05, 4.69) is 10.1 Å². The van der Waals surface area contributed by atoms with Gasteiger partial charge in [0, 0.05) is 7.05 Å². The van der Waals surface area contributed by atoms with Crippen molar-refractivity contribution < 1.29 is 5.11 Å². The molecule has 1 saturated carbocycles. The summed E-state index contributed by atoms with van der Waals surface area (Å²) in [5, 5.41) is 14.5. The van der Waals surface area contributed by atoms with Crippen LogP contribution in [0.3, 0.4) is 0 Å². The largest absolute Gasteiger partial charge is 0.382 e. The fraction of sp³-hybridized carbons (Fsp3) is 0.800. The van der Waals surface area contributed by atoms with Crippen molar-refractivity contribution >= 4 is 0 Å². The van der Waals surface area contributed by atoms with E-state index in [9.17, 15) is 5.11 Å². The third kappa shape index (κ3) is 1.66. The first-order valence-corrected chi connectivity index (χ1v) is 5.29. The van der Waals surface area contributed by atoms with Gasteiger partial charge in [-0.05, 0) is 12.8 Å². The van der Waals surface area contributed by atoms with E-state index >= 15 is 0 Å². The normalized spacial score (nSPS) is 21.9. The van der Waals surface area contributed by atoms with E-state index in [1.807, 2.05) is 7.05 Å². The minimum atomic E-state index is -0.734. The van der Waals surface area contributed by atoms with Gasteiger partial charge in [0.25, 0.3) is 0 Å². The van der Waals surface area contributed by atoms with E-state index in [-0.39, 0.29) is 0 Å². The van der Waals surface area contributed by atoms with Crippen molar-refractivity contribution in [2.75, 3.05) is 0 Å². The summed E-state index contributed by atoms with van der Waals surface area (Å²) >= 11 is 0. The van der Waals surface area contributed by atoms with E-state index in [4.69, 9.17) is 0 Å². The van der Waals surface area contributed by atoms with E-state index in [1.54, 1.807) is 4.68 Å². The number of hydrogen-bond donors (Lipinski definition) is 1. The summed E-state index contributed by atoms with van der Waals surface area (Å²) in [5.41, 5.74) is -0.734. The Balaban J connectivity index is 2.25. The van der Waals surface area contributed by atoms with Gasteiger partial charge in [-0.1, -0.05) is 25.7 Å². The van der Waals surface area contributed by atoms with Crippen molar-refractivity contribution in [3.05, 3.63) is 12.2 Å². The van der Waals surface area contributed by atoms with Crippen LogP contribution in [0.2, 0.25) is 0 Å². The molecule has 0 bridgehead atoms. The minimum Gasteiger partial charge on any atom is -0.382 e. The zero-order valence-electron chi connectivity index (χ0n) is 8.61. The summed E-state index contributed by atoms with van der Waals surface area (Å²) in [4.78, 5) is 4.15. The van der Waals surface area contributed by atoms with Crippen LogP contribution in [-0.2, 0) is 12.6 Å². The smallest absolute Gasteiger partial charge is 0.158 e. The lowest BCUT2D eigenvalue weighted by Gasteiger charge is -2.24. The van der Waals surface area contributed by atoms with Crippen LogP contribution < -0.4 is 0 Å². The maximum atomic E-state index is 10.5. The molecular weight excluding hydrogens is 178 g/mol. The van der Waals surface area contributed by atoms with Crippen molar-refractivity contribution in [2.24, 2.45) is 7.05 Å². The molecule has 1 aromatic heterocycles. The number of rotatable bonds is 1. The number of aryl methyl sites for hydroxylation is 1. The lowest BCUT2D eigenvalue weighted by Crippen LogP contribution is -2.28. The maximum Gasteiger partial charge on any atom is 0.158 e. The third-order valence-electron chi connectivity index (χ3n) is 3.06. The molecular formula is C10H17N3O. The molecule has 1 aromatic rings. The first-order valence-electron chi connectivity index (χ1n) is 5.29. The highest BCUT2D eigenvalue weighted by molar-refractivity contribution is 5.01. The van der Waals surface area contributed by atoms with Crippen molar-refractivity contribution in [2.45, 2.75) is 44.1 Å². The molecule has 78 valence electrons. The molecule has 0 spiro atoms. The predicted molar refractivity (Wildman–Crippen MR) is 52.6 cm³/mol. The van der Waals surface area contributed by atoms with Gasteiger partial charge >= 0.3 is 0 Å². The van der Waals surface area contributed by atoms with Gasteiger partial charge in [-0.3, -0.25) is 4.68 Å². The maximum absolute atomic E-state index is 10.5. The molecule has 1 aliphatic carbocycles. The van der Waals surface area contributed by atoms with Gasteiger partial charge in [0.05, 0.1) is 0 Å². The first kappa shape index (κ1) is 9.65. The highest BCUT2D eigenvalue weighted by atomic mass is 16.3. The molecule has 0 unspecified atom stereocenters. The molecule has 1 heterocycles. The van der Waals surface area contributed by atoms with Crippen molar-refractivity contribution in [3.8, 4) is 0 Å². The molecule has 2 rings (SSSR count). The Hall–Kier alpha value is -0.900. The van der Waals surface area contributed by atoms with Gasteiger partial charge in [0.15, 0.2) is 5.82 Å². The van der Waals surface area contributed by atoms with Crippen molar-refractivity contribution in [1.82, 2.24) is 14.8 Å². The van der Waals surface area contributed by atoms with E-state index in [0.717, 1.165) is 31.5 Å². The van der Waals surface area contributed by atoms with Crippen LogP contribution >= 0.6 is 0 Å². The molecule has 0 amide bonds. The SMILES string of the molecule is Cn1ncnc1C1(O)CCCCCC1. The Morgan fingerprint density at radius 3 is 2.43 bits per heavy atom. The van der Waals surface area contributed by atoms with Crippen molar-refractivity contribution in [1.29, 1.82) is 0 Å². The molecule has 0 atom stereocenters. The number of hydrogen-bond acceptors (Lipinski definition) is 3. The topological polar surface area (TPSA) is 50.9 Å². The van der Waals surface area contributed by atoms with E-state index < -0.39 is 5.60 Å². The zero-order chi connectivity index (χ0) is 10.0. The summed E-state index contributed by atoms with van der Waals surface area (Å²) in [6.45, 7) is 0. The molecule has 4 nitrogen and oxygen atoms in total. The van der Waals surface area contributed by atoms with Crippen LogP contribution in [0.1, 0.15) is 44.3 Å². The van der Waals surface area contributed by atoms with Gasteiger partial charge in [-0.2, -0.15) is 5.10 Å². The second-order valence-corrected chi connectivity index (χ2v) is 4.15. The van der Waals surface area contributed by atoms with E-state index in [1.165, 1.54) is 19.2 Å². The summed E-state index contributed by atoms with van der Waals surface area (Å²) in [6.07, 6.45) is 7.77. The van der Waals surface area contributed by atoms with Crippen LogP contribution in [0.15, 0.2) is 6.33 Å². The predicted octanol–water partition coefficient (Wildman–Crippen LogP) is 1.36. The second kappa shape index (κ2) is 3.69. The fourth-order valence-corrected chi connectivity index (χ4v) is 2.25. The molecule has 0 aliphatic heterocycles. The van der Waals surface area contributed by atoms with Crippen LogP contribution in [0.25, 0.3) is 0 Å². The van der Waals surface area contributed by atoms with Gasteiger partial charge in [-0.15, -0.1) is 0 Å². The summed E-state index contributed by atoms with van der Waals surface area (Å²) in [5.74, 6) is 0.722. The van der Waals surface area contributed by atoms with Crippen LogP contribution in [0.4, 0.5) is 0 Å². The number of aliphatic hydroxyl groups is 1. The van der Waals surface area contributed by atoms with E-state index in [0.29, 0.717) is 0 Å². The van der Waals surface area contributed by atoms with Gasteiger partial charge in [0.2, 0.25) is 0 Å². The monoisotopic (exact) mass is 195 g/mol. The molecule has 0 radical (unpaired) electrons. The van der Waals surface area contributed by atoms with Gasteiger partial charge < -0.3 is 5.11 Å². The molecule has 0 aromatic carbocycles. The zero-order valence-corrected chi connectivity index (χ0v) is 8.61. The van der Waals surface area contributed by atoms with Gasteiger partial charge in [-0.25, -0.2) is 4.98 Å². The summed E-state index contributed by atoms with van der Waals surface area (Å²) in [7, 11) is 1.84. The average Bonchev–Trinajstić information content (AvgIpc) is 2.46.